The maximum Gasteiger partial charge on any atom is 0.128 e. The summed E-state index contributed by atoms with van der Waals surface area (Å²) in [4.78, 5) is 0. The minimum atomic E-state index is -0.604. The lowest BCUT2D eigenvalue weighted by Gasteiger charge is -2.18. The first-order valence-corrected chi connectivity index (χ1v) is 6.49. The third kappa shape index (κ3) is 3.00. The van der Waals surface area contributed by atoms with Crippen LogP contribution < -0.4 is 11.3 Å². The molecule has 2 aromatic rings. The number of halogens is 3. The molecule has 0 bridgehead atoms. The van der Waals surface area contributed by atoms with E-state index in [1.807, 2.05) is 25.1 Å². The van der Waals surface area contributed by atoms with Gasteiger partial charge in [-0.25, -0.2) is 14.2 Å². The van der Waals surface area contributed by atoms with Crippen molar-refractivity contribution >= 4 is 15.9 Å². The summed E-state index contributed by atoms with van der Waals surface area (Å²) < 4.78 is 27.9. The molecule has 19 heavy (non-hydrogen) atoms. The van der Waals surface area contributed by atoms with Crippen LogP contribution in [0, 0.1) is 18.6 Å². The lowest BCUT2D eigenvalue weighted by molar-refractivity contribution is 0.545. The van der Waals surface area contributed by atoms with E-state index in [0.29, 0.717) is 0 Å². The zero-order chi connectivity index (χ0) is 14.0. The van der Waals surface area contributed by atoms with E-state index < -0.39 is 17.7 Å². The topological polar surface area (TPSA) is 38.0 Å². The third-order valence-corrected chi connectivity index (χ3v) is 3.82. The Labute approximate surface area is 118 Å². The van der Waals surface area contributed by atoms with Crippen molar-refractivity contribution in [1.29, 1.82) is 0 Å². The largest absolute Gasteiger partial charge is 0.271 e. The number of hydrogen-bond donors (Lipinski definition) is 2. The molecule has 1 atom stereocenters. The molecule has 0 spiro atoms. The van der Waals surface area contributed by atoms with Gasteiger partial charge in [0.1, 0.15) is 11.6 Å². The molecule has 0 fully saturated rings. The van der Waals surface area contributed by atoms with Gasteiger partial charge in [-0.05, 0) is 42.3 Å². The Hall–Kier alpha value is -1.30. The number of nitrogens with one attached hydrogen (secondary N) is 1. The molecule has 1 unspecified atom stereocenters. The van der Waals surface area contributed by atoms with Gasteiger partial charge in [-0.15, -0.1) is 0 Å². The molecule has 0 amide bonds. The summed E-state index contributed by atoms with van der Waals surface area (Å²) in [6.45, 7) is 1.95. The van der Waals surface area contributed by atoms with E-state index in [1.165, 1.54) is 0 Å². The van der Waals surface area contributed by atoms with Gasteiger partial charge in [0, 0.05) is 10.0 Å². The zero-order valence-corrected chi connectivity index (χ0v) is 11.8. The molecule has 0 saturated heterocycles. The fourth-order valence-corrected chi connectivity index (χ4v) is 2.29. The summed E-state index contributed by atoms with van der Waals surface area (Å²) in [5.74, 6) is 4.49. The molecule has 0 heterocycles. The smallest absolute Gasteiger partial charge is 0.128 e. The maximum absolute atomic E-state index is 13.8. The van der Waals surface area contributed by atoms with Crippen LogP contribution in [0.5, 0.6) is 0 Å². The average Bonchev–Trinajstić information content (AvgIpc) is 2.38. The molecule has 0 aliphatic carbocycles. The first kappa shape index (κ1) is 14.1. The molecule has 2 nitrogen and oxygen atoms in total. The highest BCUT2D eigenvalue weighted by molar-refractivity contribution is 9.10. The predicted molar refractivity (Wildman–Crippen MR) is 74.4 cm³/mol. The third-order valence-electron chi connectivity index (χ3n) is 2.96. The lowest BCUT2D eigenvalue weighted by Crippen LogP contribution is -2.29. The van der Waals surface area contributed by atoms with Crippen molar-refractivity contribution in [3.8, 4) is 0 Å². The van der Waals surface area contributed by atoms with Crippen molar-refractivity contribution in [3.05, 3.63) is 69.2 Å². The van der Waals surface area contributed by atoms with E-state index in [9.17, 15) is 8.78 Å². The normalized spacial score (nSPS) is 12.5. The van der Waals surface area contributed by atoms with Crippen molar-refractivity contribution in [2.24, 2.45) is 5.84 Å². The predicted octanol–water partition coefficient (Wildman–Crippen LogP) is 3.59. The van der Waals surface area contributed by atoms with Crippen molar-refractivity contribution in [2.45, 2.75) is 13.0 Å². The summed E-state index contributed by atoms with van der Waals surface area (Å²) in [6.07, 6.45) is 0. The number of nitrogens with two attached hydrogens (primary N) is 1. The van der Waals surface area contributed by atoms with Crippen molar-refractivity contribution in [2.75, 3.05) is 0 Å². The molecule has 5 heteroatoms. The second-order valence-electron chi connectivity index (χ2n) is 4.27. The molecular weight excluding hydrogens is 314 g/mol. The van der Waals surface area contributed by atoms with Crippen molar-refractivity contribution < 1.29 is 8.78 Å². The lowest BCUT2D eigenvalue weighted by atomic mass is 9.98. The highest BCUT2D eigenvalue weighted by Gasteiger charge is 2.18. The van der Waals surface area contributed by atoms with Crippen LogP contribution in [0.25, 0.3) is 0 Å². The number of aryl methyl sites for hydroxylation is 1. The van der Waals surface area contributed by atoms with E-state index >= 15 is 0 Å². The Morgan fingerprint density at radius 1 is 1.16 bits per heavy atom. The Bertz CT molecular complexity index is 602. The van der Waals surface area contributed by atoms with Gasteiger partial charge in [-0.1, -0.05) is 28.1 Å². The van der Waals surface area contributed by atoms with Gasteiger partial charge >= 0.3 is 0 Å². The molecule has 2 rings (SSSR count). The molecular formula is C14H13BrF2N2. The number of rotatable bonds is 3. The van der Waals surface area contributed by atoms with Crippen LogP contribution in [0.3, 0.4) is 0 Å². The van der Waals surface area contributed by atoms with Gasteiger partial charge in [0.15, 0.2) is 0 Å². The minimum Gasteiger partial charge on any atom is -0.271 e. The molecule has 0 saturated carbocycles. The van der Waals surface area contributed by atoms with Crippen molar-refractivity contribution in [3.63, 3.8) is 0 Å². The minimum absolute atomic E-state index is 0.179. The van der Waals surface area contributed by atoms with Gasteiger partial charge in [0.2, 0.25) is 0 Å². The summed E-state index contributed by atoms with van der Waals surface area (Å²) in [5, 5.41) is 0. The Kier molecular flexibility index (Phi) is 4.29. The molecule has 0 aliphatic rings. The van der Waals surface area contributed by atoms with Crippen molar-refractivity contribution in [1.82, 2.24) is 5.43 Å². The van der Waals surface area contributed by atoms with E-state index in [4.69, 9.17) is 5.84 Å². The first-order valence-electron chi connectivity index (χ1n) is 5.70. The van der Waals surface area contributed by atoms with Crippen LogP contribution >= 0.6 is 15.9 Å². The SMILES string of the molecule is Cc1ccc(C(NN)c2cc(F)ccc2F)cc1Br. The van der Waals surface area contributed by atoms with Crippen LogP contribution in [0.15, 0.2) is 40.9 Å². The van der Waals surface area contributed by atoms with Crippen LogP contribution in [-0.2, 0) is 0 Å². The summed E-state index contributed by atoms with van der Waals surface area (Å²) >= 11 is 3.41. The molecule has 3 N–H and O–H groups in total. The van der Waals surface area contributed by atoms with E-state index in [1.54, 1.807) is 0 Å². The Morgan fingerprint density at radius 2 is 1.89 bits per heavy atom. The van der Waals surface area contributed by atoms with E-state index in [2.05, 4.69) is 21.4 Å². The van der Waals surface area contributed by atoms with Gasteiger partial charge in [-0.2, -0.15) is 0 Å². The zero-order valence-electron chi connectivity index (χ0n) is 10.3. The number of hydrazine groups is 1. The molecule has 0 radical (unpaired) electrons. The molecule has 0 aliphatic heterocycles. The fourth-order valence-electron chi connectivity index (χ4n) is 1.89. The second-order valence-corrected chi connectivity index (χ2v) is 5.13. The van der Waals surface area contributed by atoms with Crippen LogP contribution in [0.2, 0.25) is 0 Å². The number of benzene rings is 2. The summed E-state index contributed by atoms with van der Waals surface area (Å²) in [6, 6.07) is 8.27. The monoisotopic (exact) mass is 326 g/mol. The summed E-state index contributed by atoms with van der Waals surface area (Å²) in [7, 11) is 0. The van der Waals surface area contributed by atoms with Crippen LogP contribution in [0.1, 0.15) is 22.7 Å². The average molecular weight is 327 g/mol. The highest BCUT2D eigenvalue weighted by Crippen LogP contribution is 2.28. The van der Waals surface area contributed by atoms with Gasteiger partial charge in [0.05, 0.1) is 6.04 Å². The van der Waals surface area contributed by atoms with Crippen LogP contribution in [0.4, 0.5) is 8.78 Å². The Balaban J connectivity index is 2.49. The van der Waals surface area contributed by atoms with E-state index in [-0.39, 0.29) is 5.56 Å². The van der Waals surface area contributed by atoms with E-state index in [0.717, 1.165) is 33.8 Å². The maximum atomic E-state index is 13.8. The second kappa shape index (κ2) is 5.77. The quantitative estimate of drug-likeness (QED) is 0.668. The molecule has 100 valence electrons. The number of hydrogen-bond acceptors (Lipinski definition) is 2. The van der Waals surface area contributed by atoms with Gasteiger partial charge in [0.25, 0.3) is 0 Å². The first-order chi connectivity index (χ1) is 9.02. The highest BCUT2D eigenvalue weighted by atomic mass is 79.9. The standard InChI is InChI=1S/C14H13BrF2N2/c1-8-2-3-9(6-12(8)15)14(19-18)11-7-10(16)4-5-13(11)17/h2-7,14,19H,18H2,1H3. The van der Waals surface area contributed by atoms with Gasteiger partial charge < -0.3 is 0 Å². The summed E-state index contributed by atoms with van der Waals surface area (Å²) in [5.41, 5.74) is 4.51. The molecule has 2 aromatic carbocycles. The van der Waals surface area contributed by atoms with Crippen LogP contribution in [-0.4, -0.2) is 0 Å². The fraction of sp³-hybridized carbons (Fsp3) is 0.143. The molecule has 0 aromatic heterocycles. The van der Waals surface area contributed by atoms with Gasteiger partial charge in [-0.3, -0.25) is 5.84 Å². The Morgan fingerprint density at radius 3 is 2.53 bits per heavy atom.